The number of benzene rings is 2. The second-order valence-corrected chi connectivity index (χ2v) is 8.74. The fourth-order valence-corrected chi connectivity index (χ4v) is 3.96. The third-order valence-electron chi connectivity index (χ3n) is 4.88. The lowest BCUT2D eigenvalue weighted by molar-refractivity contribution is -0.115. The number of aromatic nitrogens is 3. The number of nitrogens with zero attached hydrogens (tertiary/aromatic N) is 3. The Balaban J connectivity index is 1.35. The molecule has 1 amide bonds. The Kier molecular flexibility index (Phi) is 6.40. The third kappa shape index (κ3) is 4.91. The number of amides is 1. The van der Waals surface area contributed by atoms with Gasteiger partial charge >= 0.3 is 0 Å². The van der Waals surface area contributed by atoms with Crippen molar-refractivity contribution in [3.63, 3.8) is 0 Å². The highest BCUT2D eigenvalue weighted by molar-refractivity contribution is 8.00. The van der Waals surface area contributed by atoms with Crippen LogP contribution in [0.15, 0.2) is 41.6 Å². The highest BCUT2D eigenvalue weighted by atomic mass is 32.2. The smallest absolute Gasteiger partial charge is 0.237 e. The van der Waals surface area contributed by atoms with Crippen molar-refractivity contribution in [2.45, 2.75) is 37.8 Å². The molecule has 0 fully saturated rings. The molecule has 0 radical (unpaired) electrons. The molecule has 32 heavy (non-hydrogen) atoms. The molecule has 10 heteroatoms. The van der Waals surface area contributed by atoms with Gasteiger partial charge in [0.2, 0.25) is 11.1 Å². The predicted octanol–water partition coefficient (Wildman–Crippen LogP) is 3.08. The minimum absolute atomic E-state index is 0.172. The van der Waals surface area contributed by atoms with Crippen LogP contribution in [0.3, 0.4) is 0 Å². The topological polar surface area (TPSA) is 114 Å². The molecule has 0 aliphatic carbocycles. The van der Waals surface area contributed by atoms with E-state index in [1.54, 1.807) is 25.1 Å². The lowest BCUT2D eigenvalue weighted by Gasteiger charge is -2.19. The van der Waals surface area contributed by atoms with Gasteiger partial charge < -0.3 is 25.4 Å². The Hall–Kier alpha value is -3.40. The molecule has 0 saturated carbocycles. The maximum atomic E-state index is 12.7. The van der Waals surface area contributed by atoms with Gasteiger partial charge in [-0.2, -0.15) is 0 Å². The summed E-state index contributed by atoms with van der Waals surface area (Å²) in [7, 11) is 0. The molecule has 1 aliphatic heterocycles. The number of aryl methyl sites for hydroxylation is 2. The fraction of sp³-hybridized carbons (Fsp3) is 0.318. The van der Waals surface area contributed by atoms with Gasteiger partial charge in [-0.05, 0) is 44.5 Å². The summed E-state index contributed by atoms with van der Waals surface area (Å²) in [5, 5.41) is 11.1. The van der Waals surface area contributed by atoms with Crippen LogP contribution in [0.4, 0.5) is 5.69 Å². The second-order valence-electron chi connectivity index (χ2n) is 7.43. The van der Waals surface area contributed by atoms with Crippen molar-refractivity contribution in [2.24, 2.45) is 0 Å². The number of rotatable bonds is 7. The molecule has 3 N–H and O–H groups in total. The lowest BCUT2D eigenvalue weighted by atomic mass is 10.1. The van der Waals surface area contributed by atoms with Crippen LogP contribution in [-0.2, 0) is 11.4 Å². The van der Waals surface area contributed by atoms with Crippen molar-refractivity contribution in [2.75, 3.05) is 24.4 Å². The Morgan fingerprint density at radius 1 is 1.19 bits per heavy atom. The molecule has 0 bridgehead atoms. The Morgan fingerprint density at radius 2 is 1.97 bits per heavy atom. The number of ether oxygens (including phenoxy) is 3. The Bertz CT molecular complexity index is 1130. The van der Waals surface area contributed by atoms with Crippen molar-refractivity contribution in [1.82, 2.24) is 14.9 Å². The van der Waals surface area contributed by atoms with E-state index in [9.17, 15) is 4.79 Å². The van der Waals surface area contributed by atoms with Crippen molar-refractivity contribution in [3.8, 4) is 17.2 Å². The average Bonchev–Trinajstić information content (AvgIpc) is 3.12. The number of nitrogens with two attached hydrogens (primary N) is 1. The van der Waals surface area contributed by atoms with Crippen LogP contribution in [0, 0.1) is 13.8 Å². The molecule has 0 saturated heterocycles. The van der Waals surface area contributed by atoms with Gasteiger partial charge in [0.05, 0.1) is 5.25 Å². The first-order valence-electron chi connectivity index (χ1n) is 10.2. The molecule has 1 aliphatic rings. The highest BCUT2D eigenvalue weighted by Gasteiger charge is 2.21. The highest BCUT2D eigenvalue weighted by Crippen LogP contribution is 2.33. The van der Waals surface area contributed by atoms with Crippen LogP contribution >= 0.6 is 11.8 Å². The van der Waals surface area contributed by atoms with Crippen LogP contribution in [0.1, 0.15) is 23.9 Å². The predicted molar refractivity (Wildman–Crippen MR) is 122 cm³/mol. The van der Waals surface area contributed by atoms with Gasteiger partial charge in [0.1, 0.15) is 25.6 Å². The van der Waals surface area contributed by atoms with Crippen LogP contribution in [0.25, 0.3) is 0 Å². The molecule has 1 atom stereocenters. The van der Waals surface area contributed by atoms with Gasteiger partial charge in [-0.15, -0.1) is 10.2 Å². The number of carbonyl (C=O) groups excluding carboxylic acids is 1. The summed E-state index contributed by atoms with van der Waals surface area (Å²) in [5.41, 5.74) is 2.83. The minimum atomic E-state index is -0.456. The fourth-order valence-electron chi connectivity index (χ4n) is 3.17. The first-order valence-corrected chi connectivity index (χ1v) is 11.1. The maximum Gasteiger partial charge on any atom is 0.237 e. The van der Waals surface area contributed by atoms with Crippen molar-refractivity contribution in [1.29, 1.82) is 0 Å². The Morgan fingerprint density at radius 3 is 2.75 bits per heavy atom. The zero-order valence-corrected chi connectivity index (χ0v) is 18.9. The number of fused-ring (bicyclic) bond motifs is 1. The van der Waals surface area contributed by atoms with E-state index in [2.05, 4.69) is 15.5 Å². The van der Waals surface area contributed by atoms with Crippen molar-refractivity contribution < 1.29 is 19.0 Å². The second kappa shape index (κ2) is 9.39. The monoisotopic (exact) mass is 455 g/mol. The van der Waals surface area contributed by atoms with Crippen LogP contribution < -0.4 is 25.4 Å². The van der Waals surface area contributed by atoms with E-state index in [4.69, 9.17) is 20.1 Å². The number of thioether (sulfide) groups is 1. The molecular formula is C22H25N5O4S. The van der Waals surface area contributed by atoms with Gasteiger partial charge in [0, 0.05) is 11.8 Å². The summed E-state index contributed by atoms with van der Waals surface area (Å²) in [5.74, 6) is 8.46. The van der Waals surface area contributed by atoms with E-state index in [-0.39, 0.29) is 12.5 Å². The number of carbonyl (C=O) groups is 1. The molecule has 9 nitrogen and oxygen atoms in total. The number of anilines is 1. The quantitative estimate of drug-likeness (QED) is 0.413. The van der Waals surface area contributed by atoms with Gasteiger partial charge in [-0.25, -0.2) is 4.68 Å². The zero-order valence-electron chi connectivity index (χ0n) is 18.1. The van der Waals surface area contributed by atoms with Crippen LogP contribution in [0.5, 0.6) is 17.2 Å². The lowest BCUT2D eigenvalue weighted by Crippen LogP contribution is -2.24. The van der Waals surface area contributed by atoms with Crippen LogP contribution in [0.2, 0.25) is 0 Å². The summed E-state index contributed by atoms with van der Waals surface area (Å²) in [6, 6.07) is 11.3. The number of nitrogens with one attached hydrogen (secondary N) is 1. The summed E-state index contributed by atoms with van der Waals surface area (Å²) >= 11 is 1.21. The number of hydrogen-bond donors (Lipinski definition) is 2. The van der Waals surface area contributed by atoms with E-state index in [1.165, 1.54) is 22.0 Å². The zero-order chi connectivity index (χ0) is 22.7. The maximum absolute atomic E-state index is 12.7. The molecule has 0 spiro atoms. The first-order chi connectivity index (χ1) is 15.4. The van der Waals surface area contributed by atoms with E-state index >= 15 is 0 Å². The number of nitrogen functional groups attached to an aromatic ring is 1. The molecule has 0 unspecified atom stereocenters. The molecular weight excluding hydrogens is 430 g/mol. The SMILES string of the molecule is Cc1ccc(OCc2nnc(S[C@H](C)C(=O)Nc3ccc4c(c3)OCCO4)n2N)c(C)c1. The van der Waals surface area contributed by atoms with E-state index in [0.29, 0.717) is 41.4 Å². The Labute approximate surface area is 190 Å². The first kappa shape index (κ1) is 21.8. The molecule has 1 aromatic heterocycles. The molecule has 3 aromatic rings. The van der Waals surface area contributed by atoms with Gasteiger partial charge in [0.25, 0.3) is 0 Å². The van der Waals surface area contributed by atoms with Crippen molar-refractivity contribution in [3.05, 3.63) is 53.3 Å². The number of hydrogen-bond acceptors (Lipinski definition) is 8. The summed E-state index contributed by atoms with van der Waals surface area (Å²) in [4.78, 5) is 12.7. The minimum Gasteiger partial charge on any atom is -0.486 e. The largest absolute Gasteiger partial charge is 0.486 e. The normalized spacial score (nSPS) is 13.5. The van der Waals surface area contributed by atoms with E-state index in [0.717, 1.165) is 11.3 Å². The summed E-state index contributed by atoms with van der Waals surface area (Å²) in [6.45, 7) is 6.97. The van der Waals surface area contributed by atoms with E-state index < -0.39 is 5.25 Å². The molecule has 168 valence electrons. The summed E-state index contributed by atoms with van der Waals surface area (Å²) in [6.07, 6.45) is 0. The van der Waals surface area contributed by atoms with E-state index in [1.807, 2.05) is 32.0 Å². The van der Waals surface area contributed by atoms with Gasteiger partial charge in [0.15, 0.2) is 17.3 Å². The van der Waals surface area contributed by atoms with Crippen LogP contribution in [-0.4, -0.2) is 39.2 Å². The standard InChI is InChI=1S/C22H25N5O4S/c1-13-4-6-17(14(2)10-13)31-12-20-25-26-22(27(20)23)32-15(3)21(28)24-16-5-7-18-19(11-16)30-9-8-29-18/h4-7,10-11,15H,8-9,12,23H2,1-3H3,(H,24,28)/t15-/m1/s1. The summed E-state index contributed by atoms with van der Waals surface area (Å²) < 4.78 is 18.2. The molecule has 2 heterocycles. The average molecular weight is 456 g/mol. The van der Waals surface area contributed by atoms with Crippen molar-refractivity contribution >= 4 is 23.4 Å². The molecule has 4 rings (SSSR count). The molecule has 2 aromatic carbocycles. The van der Waals surface area contributed by atoms with Gasteiger partial charge in [-0.1, -0.05) is 29.5 Å². The van der Waals surface area contributed by atoms with Gasteiger partial charge in [-0.3, -0.25) is 4.79 Å². The third-order valence-corrected chi connectivity index (χ3v) is 5.94.